The van der Waals surface area contributed by atoms with E-state index in [0.29, 0.717) is 24.1 Å². The molecule has 0 bridgehead atoms. The van der Waals surface area contributed by atoms with Crippen LogP contribution in [0.1, 0.15) is 30.1 Å². The molecule has 2 aromatic heterocycles. The highest BCUT2D eigenvalue weighted by Gasteiger charge is 2.17. The van der Waals surface area contributed by atoms with Crippen molar-refractivity contribution in [2.45, 2.75) is 18.9 Å². The quantitative estimate of drug-likeness (QED) is 0.938. The van der Waals surface area contributed by atoms with Gasteiger partial charge in [-0.2, -0.15) is 5.26 Å². The van der Waals surface area contributed by atoms with Crippen molar-refractivity contribution in [2.75, 3.05) is 0 Å². The Morgan fingerprint density at radius 3 is 2.83 bits per heavy atom. The van der Waals surface area contributed by atoms with Crippen molar-refractivity contribution in [1.29, 1.82) is 5.26 Å². The van der Waals surface area contributed by atoms with Crippen molar-refractivity contribution in [1.82, 2.24) is 9.97 Å². The summed E-state index contributed by atoms with van der Waals surface area (Å²) in [6.45, 7) is 0. The summed E-state index contributed by atoms with van der Waals surface area (Å²) in [6, 6.07) is 7.32. The molecule has 6 heteroatoms. The Bertz CT molecular complexity index is 866. The summed E-state index contributed by atoms with van der Waals surface area (Å²) in [5, 5.41) is 18.5. The number of carbonyl (C=O) groups is 1. The fourth-order valence-corrected chi connectivity index (χ4v) is 2.57. The van der Waals surface area contributed by atoms with Crippen LogP contribution >= 0.6 is 0 Å². The zero-order chi connectivity index (χ0) is 16.9. The van der Waals surface area contributed by atoms with E-state index >= 15 is 0 Å². The molecule has 1 aliphatic heterocycles. The molecule has 3 heterocycles. The Morgan fingerprint density at radius 2 is 2.12 bits per heavy atom. The number of pyridine rings is 2. The lowest BCUT2D eigenvalue weighted by Gasteiger charge is -2.12. The van der Waals surface area contributed by atoms with Gasteiger partial charge in [0, 0.05) is 30.4 Å². The van der Waals surface area contributed by atoms with E-state index in [1.54, 1.807) is 30.7 Å². The summed E-state index contributed by atoms with van der Waals surface area (Å²) in [5.41, 5.74) is 2.98. The Balaban J connectivity index is 1.93. The Hall–Kier alpha value is -3.33. The molecule has 0 fully saturated rings. The van der Waals surface area contributed by atoms with Gasteiger partial charge in [0.25, 0.3) is 0 Å². The lowest BCUT2D eigenvalue weighted by atomic mass is 10.0. The molecule has 3 rings (SSSR count). The molecule has 0 radical (unpaired) electrons. The molecule has 0 aromatic carbocycles. The van der Waals surface area contributed by atoms with Crippen LogP contribution in [0.5, 0.6) is 0 Å². The number of hydrogen-bond acceptors (Lipinski definition) is 5. The van der Waals surface area contributed by atoms with Gasteiger partial charge in [0.2, 0.25) is 0 Å². The van der Waals surface area contributed by atoms with E-state index in [-0.39, 0.29) is 11.6 Å². The van der Waals surface area contributed by atoms with Gasteiger partial charge in [-0.05, 0) is 36.6 Å². The van der Waals surface area contributed by atoms with Gasteiger partial charge in [0.1, 0.15) is 0 Å². The maximum absolute atomic E-state index is 11.0. The molecule has 0 saturated carbocycles. The van der Waals surface area contributed by atoms with Crippen molar-refractivity contribution < 1.29 is 9.90 Å². The summed E-state index contributed by atoms with van der Waals surface area (Å²) < 4.78 is 0. The van der Waals surface area contributed by atoms with E-state index in [4.69, 9.17) is 5.11 Å². The van der Waals surface area contributed by atoms with Gasteiger partial charge in [0.05, 0.1) is 28.9 Å². The number of carboxylic acid groups (broad SMARTS) is 1. The molecule has 1 unspecified atom stereocenters. The molecule has 0 aliphatic carbocycles. The van der Waals surface area contributed by atoms with Crippen molar-refractivity contribution in [3.63, 3.8) is 0 Å². The Morgan fingerprint density at radius 1 is 1.33 bits per heavy atom. The number of rotatable bonds is 3. The number of aliphatic imine (C=N–C) groups is 1. The van der Waals surface area contributed by atoms with E-state index in [1.165, 1.54) is 6.21 Å². The van der Waals surface area contributed by atoms with Gasteiger partial charge < -0.3 is 5.11 Å². The average molecular weight is 318 g/mol. The SMILES string of the molecule is N#Cc1cc(C2CCC=C(C(=O)O)C=N2)ncc1-c1ccncc1. The van der Waals surface area contributed by atoms with Crippen LogP contribution in [0.15, 0.2) is 53.4 Å². The second-order valence-corrected chi connectivity index (χ2v) is 5.34. The summed E-state index contributed by atoms with van der Waals surface area (Å²) in [4.78, 5) is 23.8. The first-order chi connectivity index (χ1) is 11.7. The molecular weight excluding hydrogens is 304 g/mol. The van der Waals surface area contributed by atoms with Crippen molar-refractivity contribution >= 4 is 12.2 Å². The monoisotopic (exact) mass is 318 g/mol. The van der Waals surface area contributed by atoms with Gasteiger partial charge in [-0.15, -0.1) is 0 Å². The first-order valence-corrected chi connectivity index (χ1v) is 7.46. The van der Waals surface area contributed by atoms with Crippen LogP contribution in [-0.2, 0) is 4.79 Å². The number of nitriles is 1. The van der Waals surface area contributed by atoms with Gasteiger partial charge in [-0.25, -0.2) is 4.79 Å². The molecule has 1 aliphatic rings. The fraction of sp³-hybridized carbons (Fsp3) is 0.167. The van der Waals surface area contributed by atoms with Crippen molar-refractivity contribution in [2.24, 2.45) is 4.99 Å². The predicted octanol–water partition coefficient (Wildman–Crippen LogP) is 2.93. The van der Waals surface area contributed by atoms with Crippen LogP contribution in [0.25, 0.3) is 11.1 Å². The number of aromatic nitrogens is 2. The number of nitrogens with zero attached hydrogens (tertiary/aromatic N) is 4. The van der Waals surface area contributed by atoms with Gasteiger partial charge in [0.15, 0.2) is 0 Å². The van der Waals surface area contributed by atoms with Crippen LogP contribution in [-0.4, -0.2) is 27.3 Å². The van der Waals surface area contributed by atoms with Gasteiger partial charge in [-0.3, -0.25) is 15.0 Å². The summed E-state index contributed by atoms with van der Waals surface area (Å²) >= 11 is 0. The molecular formula is C18H14N4O2. The van der Waals surface area contributed by atoms with Crippen LogP contribution in [0.2, 0.25) is 0 Å². The van der Waals surface area contributed by atoms with Crippen molar-refractivity contribution in [3.05, 3.63) is 59.7 Å². The Kier molecular flexibility index (Phi) is 4.43. The molecule has 6 nitrogen and oxygen atoms in total. The third kappa shape index (κ3) is 3.20. The topological polar surface area (TPSA) is 99.2 Å². The van der Waals surface area contributed by atoms with Gasteiger partial charge in [-0.1, -0.05) is 6.08 Å². The minimum Gasteiger partial charge on any atom is -0.478 e. The highest BCUT2D eigenvalue weighted by molar-refractivity contribution is 6.08. The average Bonchev–Trinajstić information content (AvgIpc) is 2.88. The molecule has 2 aromatic rings. The largest absolute Gasteiger partial charge is 0.478 e. The first kappa shape index (κ1) is 15.6. The number of aliphatic carboxylic acids is 1. The minimum atomic E-state index is -0.988. The highest BCUT2D eigenvalue weighted by atomic mass is 16.4. The predicted molar refractivity (Wildman–Crippen MR) is 88.4 cm³/mol. The fourth-order valence-electron chi connectivity index (χ4n) is 2.57. The van der Waals surface area contributed by atoms with Gasteiger partial charge >= 0.3 is 5.97 Å². The van der Waals surface area contributed by atoms with Crippen LogP contribution in [0.4, 0.5) is 0 Å². The lowest BCUT2D eigenvalue weighted by Crippen LogP contribution is -2.02. The smallest absolute Gasteiger partial charge is 0.336 e. The maximum atomic E-state index is 11.0. The summed E-state index contributed by atoms with van der Waals surface area (Å²) in [6.07, 6.45) is 9.27. The molecule has 118 valence electrons. The summed E-state index contributed by atoms with van der Waals surface area (Å²) in [5.74, 6) is -0.988. The van der Waals surface area contributed by atoms with E-state index in [0.717, 1.165) is 11.1 Å². The normalized spacial score (nSPS) is 16.8. The minimum absolute atomic E-state index is 0.186. The lowest BCUT2D eigenvalue weighted by molar-refractivity contribution is -0.132. The third-order valence-corrected chi connectivity index (χ3v) is 3.82. The number of allylic oxidation sites excluding steroid dienone is 1. The molecule has 1 atom stereocenters. The molecule has 0 saturated heterocycles. The zero-order valence-electron chi connectivity index (χ0n) is 12.8. The van der Waals surface area contributed by atoms with Crippen LogP contribution in [0.3, 0.4) is 0 Å². The third-order valence-electron chi connectivity index (χ3n) is 3.82. The number of carboxylic acids is 1. The molecule has 1 N–H and O–H groups in total. The maximum Gasteiger partial charge on any atom is 0.336 e. The van der Waals surface area contributed by atoms with Crippen LogP contribution in [0, 0.1) is 11.3 Å². The van der Waals surface area contributed by atoms with E-state index in [2.05, 4.69) is 21.0 Å². The van der Waals surface area contributed by atoms with E-state index in [9.17, 15) is 10.1 Å². The molecule has 0 spiro atoms. The zero-order valence-corrected chi connectivity index (χ0v) is 12.8. The van der Waals surface area contributed by atoms with Crippen molar-refractivity contribution in [3.8, 4) is 17.2 Å². The summed E-state index contributed by atoms with van der Waals surface area (Å²) in [7, 11) is 0. The first-order valence-electron chi connectivity index (χ1n) is 7.46. The number of hydrogen-bond donors (Lipinski definition) is 1. The van der Waals surface area contributed by atoms with Crippen LogP contribution < -0.4 is 0 Å². The Labute approximate surface area is 138 Å². The second-order valence-electron chi connectivity index (χ2n) is 5.34. The molecule has 0 amide bonds. The second kappa shape index (κ2) is 6.84. The highest BCUT2D eigenvalue weighted by Crippen LogP contribution is 2.28. The van der Waals surface area contributed by atoms with E-state index < -0.39 is 5.97 Å². The molecule has 24 heavy (non-hydrogen) atoms. The van der Waals surface area contributed by atoms with E-state index in [1.807, 2.05) is 12.1 Å². The standard InChI is InChI=1S/C18H14N4O2/c19-9-14-8-17(16-3-1-2-13(10-21-16)18(23)24)22-11-15(14)12-4-6-20-7-5-12/h2,4-8,10-11,16H,1,3H2,(H,23,24).